The summed E-state index contributed by atoms with van der Waals surface area (Å²) < 4.78 is 25.8. The fraction of sp³-hybridized carbons (Fsp3) is 0.600. The fourth-order valence-electron chi connectivity index (χ4n) is 1.85. The highest BCUT2D eigenvalue weighted by Gasteiger charge is 2.30. The van der Waals surface area contributed by atoms with E-state index in [0.29, 0.717) is 23.9 Å². The molecule has 0 amide bonds. The molecule has 0 spiro atoms. The van der Waals surface area contributed by atoms with Crippen LogP contribution in [0.3, 0.4) is 0 Å². The zero-order chi connectivity index (χ0) is 14.9. The summed E-state index contributed by atoms with van der Waals surface area (Å²) in [6.07, 6.45) is 0.964. The Labute approximate surface area is 118 Å². The van der Waals surface area contributed by atoms with Crippen molar-refractivity contribution >= 4 is 10.0 Å². The van der Waals surface area contributed by atoms with E-state index in [1.54, 1.807) is 28.6 Å². The minimum absolute atomic E-state index is 0.402. The van der Waals surface area contributed by atoms with Crippen molar-refractivity contribution < 1.29 is 8.42 Å². The second-order valence-electron chi connectivity index (χ2n) is 4.07. The Bertz CT molecular complexity index is 429. The van der Waals surface area contributed by atoms with Crippen molar-refractivity contribution in [3.8, 4) is 0 Å². The standard InChI is InChI=1S/C11H15NO2S.2C2H6/c1-10-7-8-12(9-10)15(13,14)11-5-3-2-4-6-11;2*1-2/h2-6,10H,7-9H2,1H3;2*1-2H3/t10-;;/m0../s1. The first-order chi connectivity index (χ1) is 9.10. The van der Waals surface area contributed by atoms with Crippen molar-refractivity contribution in [1.82, 2.24) is 4.31 Å². The molecule has 1 heterocycles. The van der Waals surface area contributed by atoms with Crippen molar-refractivity contribution in [3.05, 3.63) is 30.3 Å². The van der Waals surface area contributed by atoms with E-state index in [2.05, 4.69) is 6.92 Å². The van der Waals surface area contributed by atoms with E-state index in [1.807, 2.05) is 33.8 Å². The lowest BCUT2D eigenvalue weighted by Gasteiger charge is -2.15. The molecule has 2 rings (SSSR count). The number of rotatable bonds is 2. The van der Waals surface area contributed by atoms with Gasteiger partial charge in [0, 0.05) is 13.1 Å². The number of sulfonamides is 1. The van der Waals surface area contributed by atoms with Crippen LogP contribution in [-0.4, -0.2) is 25.8 Å². The topological polar surface area (TPSA) is 37.4 Å². The molecule has 0 radical (unpaired) electrons. The highest BCUT2D eigenvalue weighted by Crippen LogP contribution is 2.23. The molecule has 0 aromatic heterocycles. The highest BCUT2D eigenvalue weighted by atomic mass is 32.2. The van der Waals surface area contributed by atoms with Crippen molar-refractivity contribution in [1.29, 1.82) is 0 Å². The van der Waals surface area contributed by atoms with Crippen molar-refractivity contribution in [3.63, 3.8) is 0 Å². The lowest BCUT2D eigenvalue weighted by atomic mass is 10.2. The number of benzene rings is 1. The molecule has 0 N–H and O–H groups in total. The second kappa shape index (κ2) is 9.10. The predicted molar refractivity (Wildman–Crippen MR) is 81.7 cm³/mol. The Balaban J connectivity index is 0.000000741. The lowest BCUT2D eigenvalue weighted by Crippen LogP contribution is -2.28. The SMILES string of the molecule is CC.CC.C[C@H]1CCN(S(=O)(=O)c2ccccc2)C1. The van der Waals surface area contributed by atoms with E-state index in [9.17, 15) is 8.42 Å². The van der Waals surface area contributed by atoms with Gasteiger partial charge in [-0.05, 0) is 24.5 Å². The molecule has 1 aromatic carbocycles. The maximum atomic E-state index is 12.1. The lowest BCUT2D eigenvalue weighted by molar-refractivity contribution is 0.464. The molecule has 1 aliphatic heterocycles. The molecule has 110 valence electrons. The van der Waals surface area contributed by atoms with Crippen LogP contribution < -0.4 is 0 Å². The Morgan fingerprint density at radius 1 is 1.05 bits per heavy atom. The Hall–Kier alpha value is -0.870. The third kappa shape index (κ3) is 4.96. The first-order valence-corrected chi connectivity index (χ1v) is 8.60. The van der Waals surface area contributed by atoms with E-state index >= 15 is 0 Å². The van der Waals surface area contributed by atoms with E-state index in [-0.39, 0.29) is 0 Å². The zero-order valence-corrected chi connectivity index (χ0v) is 13.6. The van der Waals surface area contributed by atoms with Gasteiger partial charge in [-0.2, -0.15) is 4.31 Å². The monoisotopic (exact) mass is 285 g/mol. The minimum atomic E-state index is -3.24. The summed E-state index contributed by atoms with van der Waals surface area (Å²) in [6.45, 7) is 11.4. The highest BCUT2D eigenvalue weighted by molar-refractivity contribution is 7.89. The maximum Gasteiger partial charge on any atom is 0.243 e. The smallest absolute Gasteiger partial charge is 0.207 e. The van der Waals surface area contributed by atoms with E-state index in [4.69, 9.17) is 0 Å². The largest absolute Gasteiger partial charge is 0.243 e. The van der Waals surface area contributed by atoms with Gasteiger partial charge in [-0.1, -0.05) is 52.8 Å². The van der Waals surface area contributed by atoms with Crippen LogP contribution in [0.25, 0.3) is 0 Å². The van der Waals surface area contributed by atoms with Gasteiger partial charge < -0.3 is 0 Å². The summed E-state index contributed by atoms with van der Waals surface area (Å²) in [6, 6.07) is 8.64. The van der Waals surface area contributed by atoms with Crippen LogP contribution in [0.5, 0.6) is 0 Å². The van der Waals surface area contributed by atoms with Gasteiger partial charge in [0.2, 0.25) is 10.0 Å². The molecule has 4 heteroatoms. The molecular weight excluding hydrogens is 258 g/mol. The summed E-state index contributed by atoms with van der Waals surface area (Å²) in [7, 11) is -3.24. The van der Waals surface area contributed by atoms with Crippen LogP contribution in [0.15, 0.2) is 35.2 Å². The van der Waals surface area contributed by atoms with Gasteiger partial charge in [0.05, 0.1) is 4.90 Å². The zero-order valence-electron chi connectivity index (χ0n) is 12.8. The Kier molecular flexibility index (Phi) is 8.68. The number of hydrogen-bond acceptors (Lipinski definition) is 2. The predicted octanol–water partition coefficient (Wildman–Crippen LogP) is 3.77. The molecule has 1 fully saturated rings. The van der Waals surface area contributed by atoms with Crippen LogP contribution in [0.2, 0.25) is 0 Å². The van der Waals surface area contributed by atoms with Crippen molar-refractivity contribution in [2.45, 2.75) is 45.9 Å². The average Bonchev–Trinajstić information content (AvgIpc) is 2.92. The van der Waals surface area contributed by atoms with Crippen LogP contribution in [-0.2, 0) is 10.0 Å². The van der Waals surface area contributed by atoms with Crippen molar-refractivity contribution in [2.24, 2.45) is 5.92 Å². The molecule has 1 aliphatic rings. The molecule has 0 unspecified atom stereocenters. The van der Waals surface area contributed by atoms with Gasteiger partial charge in [-0.3, -0.25) is 0 Å². The van der Waals surface area contributed by atoms with Crippen molar-refractivity contribution in [2.75, 3.05) is 13.1 Å². The molecule has 1 atom stereocenters. The summed E-state index contributed by atoms with van der Waals surface area (Å²) in [5.41, 5.74) is 0. The summed E-state index contributed by atoms with van der Waals surface area (Å²) in [5.74, 6) is 0.475. The van der Waals surface area contributed by atoms with Crippen LogP contribution in [0.4, 0.5) is 0 Å². The van der Waals surface area contributed by atoms with Gasteiger partial charge in [-0.25, -0.2) is 8.42 Å². The summed E-state index contributed by atoms with van der Waals surface area (Å²) >= 11 is 0. The average molecular weight is 285 g/mol. The number of nitrogens with zero attached hydrogens (tertiary/aromatic N) is 1. The Morgan fingerprint density at radius 2 is 1.58 bits per heavy atom. The molecular formula is C15H27NO2S. The first-order valence-electron chi connectivity index (χ1n) is 7.16. The second-order valence-corrected chi connectivity index (χ2v) is 6.01. The molecule has 1 aromatic rings. The fourth-order valence-corrected chi connectivity index (χ4v) is 3.45. The van der Waals surface area contributed by atoms with Gasteiger partial charge in [0.25, 0.3) is 0 Å². The number of hydrogen-bond donors (Lipinski definition) is 0. The molecule has 0 bridgehead atoms. The van der Waals surface area contributed by atoms with E-state index < -0.39 is 10.0 Å². The van der Waals surface area contributed by atoms with Crippen LogP contribution in [0.1, 0.15) is 41.0 Å². The molecule has 0 saturated carbocycles. The van der Waals surface area contributed by atoms with Crippen LogP contribution >= 0.6 is 0 Å². The van der Waals surface area contributed by atoms with Gasteiger partial charge >= 0.3 is 0 Å². The molecule has 0 aliphatic carbocycles. The third-order valence-corrected chi connectivity index (χ3v) is 4.65. The van der Waals surface area contributed by atoms with E-state index in [1.165, 1.54) is 0 Å². The normalized spacial score (nSPS) is 18.9. The van der Waals surface area contributed by atoms with E-state index in [0.717, 1.165) is 6.42 Å². The quantitative estimate of drug-likeness (QED) is 0.829. The van der Waals surface area contributed by atoms with Gasteiger partial charge in [0.1, 0.15) is 0 Å². The minimum Gasteiger partial charge on any atom is -0.207 e. The maximum absolute atomic E-state index is 12.1. The Morgan fingerprint density at radius 3 is 2.00 bits per heavy atom. The third-order valence-electron chi connectivity index (χ3n) is 2.77. The molecule has 3 nitrogen and oxygen atoms in total. The molecule has 19 heavy (non-hydrogen) atoms. The molecule has 1 saturated heterocycles. The summed E-state index contributed by atoms with van der Waals surface area (Å²) in [5, 5.41) is 0. The summed E-state index contributed by atoms with van der Waals surface area (Å²) in [4.78, 5) is 0.402. The van der Waals surface area contributed by atoms with Gasteiger partial charge in [-0.15, -0.1) is 0 Å². The van der Waals surface area contributed by atoms with Gasteiger partial charge in [0.15, 0.2) is 0 Å². The van der Waals surface area contributed by atoms with Crippen LogP contribution in [0, 0.1) is 5.92 Å². The first kappa shape index (κ1) is 18.1.